The highest BCUT2D eigenvalue weighted by atomic mass is 35.5. The molecular formula is C20H22Cl2N2O. The molecule has 1 aliphatic carbocycles. The molecule has 1 amide bonds. The summed E-state index contributed by atoms with van der Waals surface area (Å²) < 4.78 is 0. The lowest BCUT2D eigenvalue weighted by Gasteiger charge is -2.37. The first kappa shape index (κ1) is 18.2. The third-order valence-corrected chi connectivity index (χ3v) is 5.75. The zero-order valence-electron chi connectivity index (χ0n) is 14.4. The SMILES string of the molecule is C[C@H](N)C(=O)N(C)[C@H]1CC[C@H](c2ccc(Cl)c(Cl)c2)c2ccccc21. The van der Waals surface area contributed by atoms with Gasteiger partial charge in [-0.2, -0.15) is 0 Å². The van der Waals surface area contributed by atoms with Crippen LogP contribution in [-0.2, 0) is 4.79 Å². The Morgan fingerprint density at radius 1 is 1.12 bits per heavy atom. The maximum absolute atomic E-state index is 12.4. The van der Waals surface area contributed by atoms with Crippen LogP contribution in [0.4, 0.5) is 0 Å². The Balaban J connectivity index is 1.99. The number of halogens is 2. The number of amides is 1. The summed E-state index contributed by atoms with van der Waals surface area (Å²) in [5.74, 6) is 0.216. The fourth-order valence-electron chi connectivity index (χ4n) is 3.72. The molecule has 0 fully saturated rings. The second-order valence-corrected chi connectivity index (χ2v) is 7.50. The van der Waals surface area contributed by atoms with Crippen molar-refractivity contribution in [1.29, 1.82) is 0 Å². The molecule has 0 aromatic heterocycles. The van der Waals surface area contributed by atoms with Crippen molar-refractivity contribution in [2.24, 2.45) is 5.73 Å². The summed E-state index contributed by atoms with van der Waals surface area (Å²) in [6.07, 6.45) is 1.83. The summed E-state index contributed by atoms with van der Waals surface area (Å²) in [6, 6.07) is 13.7. The van der Waals surface area contributed by atoms with E-state index in [2.05, 4.69) is 12.1 Å². The number of carbonyl (C=O) groups excluding carboxylic acids is 1. The van der Waals surface area contributed by atoms with Crippen LogP contribution in [0, 0.1) is 0 Å². The highest BCUT2D eigenvalue weighted by Crippen LogP contribution is 2.44. The van der Waals surface area contributed by atoms with E-state index < -0.39 is 6.04 Å². The van der Waals surface area contributed by atoms with Gasteiger partial charge >= 0.3 is 0 Å². The van der Waals surface area contributed by atoms with Crippen LogP contribution in [0.1, 0.15) is 48.4 Å². The standard InChI is InChI=1S/C20H22Cl2N2O/c1-12(23)20(25)24(2)19-10-8-14(15-5-3-4-6-16(15)19)13-7-9-17(21)18(22)11-13/h3-7,9,11-12,14,19H,8,10,23H2,1-2H3/t12-,14+,19-/m0/s1. The van der Waals surface area contributed by atoms with Gasteiger partial charge in [0.25, 0.3) is 0 Å². The second-order valence-electron chi connectivity index (χ2n) is 6.69. The molecule has 5 heteroatoms. The predicted molar refractivity (Wildman–Crippen MR) is 103 cm³/mol. The van der Waals surface area contributed by atoms with Gasteiger partial charge in [0.05, 0.1) is 22.1 Å². The van der Waals surface area contributed by atoms with Gasteiger partial charge in [-0.1, -0.05) is 53.5 Å². The minimum atomic E-state index is -0.495. The average molecular weight is 377 g/mol. The Bertz CT molecular complexity index is 791. The number of carbonyl (C=O) groups is 1. The van der Waals surface area contributed by atoms with Crippen LogP contribution in [0.5, 0.6) is 0 Å². The van der Waals surface area contributed by atoms with Gasteiger partial charge in [0, 0.05) is 13.0 Å². The molecule has 1 aliphatic rings. The number of fused-ring (bicyclic) bond motifs is 1. The molecule has 3 nitrogen and oxygen atoms in total. The van der Waals surface area contributed by atoms with Gasteiger partial charge < -0.3 is 10.6 Å². The van der Waals surface area contributed by atoms with Crippen molar-refractivity contribution in [2.45, 2.75) is 37.8 Å². The van der Waals surface area contributed by atoms with Crippen molar-refractivity contribution in [1.82, 2.24) is 4.90 Å². The molecule has 2 aromatic rings. The molecule has 0 bridgehead atoms. The molecule has 25 heavy (non-hydrogen) atoms. The van der Waals surface area contributed by atoms with E-state index in [1.54, 1.807) is 11.8 Å². The lowest BCUT2D eigenvalue weighted by atomic mass is 9.76. The first-order chi connectivity index (χ1) is 11.9. The van der Waals surface area contributed by atoms with Crippen LogP contribution < -0.4 is 5.73 Å². The van der Waals surface area contributed by atoms with Gasteiger partial charge in [-0.15, -0.1) is 0 Å². The molecule has 3 rings (SSSR count). The van der Waals surface area contributed by atoms with Crippen molar-refractivity contribution >= 4 is 29.1 Å². The van der Waals surface area contributed by atoms with Crippen molar-refractivity contribution in [3.8, 4) is 0 Å². The van der Waals surface area contributed by atoms with Gasteiger partial charge in [-0.3, -0.25) is 4.79 Å². The molecule has 2 N–H and O–H groups in total. The number of hydrogen-bond donors (Lipinski definition) is 1. The highest BCUT2D eigenvalue weighted by molar-refractivity contribution is 6.42. The summed E-state index contributed by atoms with van der Waals surface area (Å²) in [6.45, 7) is 1.73. The number of hydrogen-bond acceptors (Lipinski definition) is 2. The lowest BCUT2D eigenvalue weighted by molar-refractivity contribution is -0.133. The number of nitrogens with zero attached hydrogens (tertiary/aromatic N) is 1. The van der Waals surface area contributed by atoms with Crippen LogP contribution >= 0.6 is 23.2 Å². The third kappa shape index (κ3) is 3.55. The summed E-state index contributed by atoms with van der Waals surface area (Å²) in [5, 5.41) is 1.14. The minimum absolute atomic E-state index is 0.0345. The molecule has 2 aromatic carbocycles. The van der Waals surface area contributed by atoms with E-state index in [0.717, 1.165) is 18.4 Å². The molecule has 0 aliphatic heterocycles. The molecular weight excluding hydrogens is 355 g/mol. The van der Waals surface area contributed by atoms with Gasteiger partial charge in [-0.05, 0) is 48.6 Å². The Labute approximate surface area is 158 Å². The summed E-state index contributed by atoms with van der Waals surface area (Å²) in [5.41, 5.74) is 9.37. The number of nitrogens with two attached hydrogens (primary N) is 1. The zero-order chi connectivity index (χ0) is 18.1. The average Bonchev–Trinajstić information content (AvgIpc) is 2.62. The predicted octanol–water partition coefficient (Wildman–Crippen LogP) is 4.77. The fourth-order valence-corrected chi connectivity index (χ4v) is 4.03. The smallest absolute Gasteiger partial charge is 0.239 e. The molecule has 132 valence electrons. The summed E-state index contributed by atoms with van der Waals surface area (Å²) in [7, 11) is 1.84. The van der Waals surface area contributed by atoms with Crippen LogP contribution in [0.15, 0.2) is 42.5 Å². The molecule has 0 radical (unpaired) electrons. The Kier molecular flexibility index (Phi) is 5.38. The lowest BCUT2D eigenvalue weighted by Crippen LogP contribution is -2.42. The Morgan fingerprint density at radius 2 is 1.80 bits per heavy atom. The van der Waals surface area contributed by atoms with E-state index in [4.69, 9.17) is 28.9 Å². The van der Waals surface area contributed by atoms with Gasteiger partial charge in [-0.25, -0.2) is 0 Å². The Morgan fingerprint density at radius 3 is 2.44 bits per heavy atom. The second kappa shape index (κ2) is 7.36. The van der Waals surface area contributed by atoms with Crippen molar-refractivity contribution in [3.63, 3.8) is 0 Å². The van der Waals surface area contributed by atoms with Crippen molar-refractivity contribution < 1.29 is 4.79 Å². The quantitative estimate of drug-likeness (QED) is 0.838. The first-order valence-electron chi connectivity index (χ1n) is 8.46. The number of benzene rings is 2. The van der Waals surface area contributed by atoms with Crippen LogP contribution in [0.2, 0.25) is 10.0 Å². The Hall–Kier alpha value is -1.55. The van der Waals surface area contributed by atoms with Crippen LogP contribution in [0.25, 0.3) is 0 Å². The molecule has 0 heterocycles. The van der Waals surface area contributed by atoms with E-state index in [1.807, 2.05) is 37.4 Å². The van der Waals surface area contributed by atoms with E-state index in [0.29, 0.717) is 10.0 Å². The third-order valence-electron chi connectivity index (χ3n) is 5.01. The summed E-state index contributed by atoms with van der Waals surface area (Å²) >= 11 is 12.3. The van der Waals surface area contributed by atoms with E-state index in [1.165, 1.54) is 11.1 Å². The number of likely N-dealkylation sites (N-methyl/N-ethyl adjacent to an activating group) is 1. The molecule has 0 unspecified atom stereocenters. The maximum Gasteiger partial charge on any atom is 0.239 e. The van der Waals surface area contributed by atoms with Crippen molar-refractivity contribution in [3.05, 3.63) is 69.2 Å². The largest absolute Gasteiger partial charge is 0.337 e. The molecule has 0 spiro atoms. The van der Waals surface area contributed by atoms with Gasteiger partial charge in [0.1, 0.15) is 0 Å². The number of rotatable bonds is 3. The highest BCUT2D eigenvalue weighted by Gasteiger charge is 2.32. The van der Waals surface area contributed by atoms with E-state index >= 15 is 0 Å². The molecule has 0 saturated carbocycles. The zero-order valence-corrected chi connectivity index (χ0v) is 15.9. The molecule has 0 saturated heterocycles. The summed E-state index contributed by atoms with van der Waals surface area (Å²) in [4.78, 5) is 14.1. The fraction of sp³-hybridized carbons (Fsp3) is 0.350. The topological polar surface area (TPSA) is 46.3 Å². The van der Waals surface area contributed by atoms with E-state index in [9.17, 15) is 4.79 Å². The monoisotopic (exact) mass is 376 g/mol. The maximum atomic E-state index is 12.4. The van der Waals surface area contributed by atoms with Crippen LogP contribution in [-0.4, -0.2) is 23.9 Å². The van der Waals surface area contributed by atoms with E-state index in [-0.39, 0.29) is 17.9 Å². The first-order valence-corrected chi connectivity index (χ1v) is 9.21. The van der Waals surface area contributed by atoms with Crippen molar-refractivity contribution in [2.75, 3.05) is 7.05 Å². The van der Waals surface area contributed by atoms with Crippen LogP contribution in [0.3, 0.4) is 0 Å². The van der Waals surface area contributed by atoms with Gasteiger partial charge in [0.2, 0.25) is 5.91 Å². The molecule has 3 atom stereocenters. The normalized spacial score (nSPS) is 20.7. The van der Waals surface area contributed by atoms with Gasteiger partial charge in [0.15, 0.2) is 0 Å². The minimum Gasteiger partial charge on any atom is -0.337 e.